The van der Waals surface area contributed by atoms with Crippen LogP contribution >= 0.6 is 0 Å². The highest BCUT2D eigenvalue weighted by molar-refractivity contribution is 5.46. The minimum absolute atomic E-state index is 0.0804. The zero-order chi connectivity index (χ0) is 23.1. The fourth-order valence-electron chi connectivity index (χ4n) is 3.67. The van der Waals surface area contributed by atoms with Gasteiger partial charge >= 0.3 is 0 Å². The fraction of sp³-hybridized carbons (Fsp3) is 0.400. The van der Waals surface area contributed by atoms with Gasteiger partial charge in [0.05, 0.1) is 17.8 Å². The maximum Gasteiger partial charge on any atom is 0.146 e. The first-order valence-corrected chi connectivity index (χ1v) is 11.1. The van der Waals surface area contributed by atoms with E-state index in [1.165, 1.54) is 30.5 Å². The van der Waals surface area contributed by atoms with Crippen LogP contribution in [0.1, 0.15) is 36.6 Å². The second-order valence-corrected chi connectivity index (χ2v) is 7.59. The van der Waals surface area contributed by atoms with Crippen LogP contribution in [0.3, 0.4) is 0 Å². The van der Waals surface area contributed by atoms with Gasteiger partial charge in [0, 0.05) is 25.9 Å². The molecule has 0 atom stereocenters. The summed E-state index contributed by atoms with van der Waals surface area (Å²) in [5, 5.41) is 18.7. The van der Waals surface area contributed by atoms with Crippen LogP contribution in [0, 0.1) is 11.8 Å². The Morgan fingerprint density at radius 2 is 1.94 bits per heavy atom. The molecule has 0 radical (unpaired) electrons. The van der Waals surface area contributed by atoms with Gasteiger partial charge < -0.3 is 4.74 Å². The van der Waals surface area contributed by atoms with Crippen molar-refractivity contribution in [2.24, 2.45) is 0 Å². The van der Waals surface area contributed by atoms with Crippen molar-refractivity contribution in [2.45, 2.75) is 39.3 Å². The number of ether oxygens (including phenoxy) is 1. The van der Waals surface area contributed by atoms with E-state index in [0.29, 0.717) is 6.61 Å². The summed E-state index contributed by atoms with van der Waals surface area (Å²) in [6, 6.07) is 17.0. The molecule has 1 aliphatic heterocycles. The van der Waals surface area contributed by atoms with Gasteiger partial charge in [0.15, 0.2) is 0 Å². The first kappa shape index (κ1) is 24.9. The number of pyridine rings is 1. The van der Waals surface area contributed by atoms with Crippen molar-refractivity contribution in [3.63, 3.8) is 0 Å². The Hall–Kier alpha value is -2.77. The molecule has 0 saturated carbocycles. The molecule has 3 heterocycles. The third-order valence-electron chi connectivity index (χ3n) is 5.28. The summed E-state index contributed by atoms with van der Waals surface area (Å²) >= 11 is 0. The summed E-state index contributed by atoms with van der Waals surface area (Å²) in [4.78, 5) is 6.64. The van der Waals surface area contributed by atoms with E-state index in [9.17, 15) is 0 Å². The quantitative estimate of drug-likeness (QED) is 0.215. The molecule has 0 amide bonds. The van der Waals surface area contributed by atoms with Crippen molar-refractivity contribution in [1.82, 2.24) is 14.5 Å². The van der Waals surface area contributed by atoms with Gasteiger partial charge in [0.2, 0.25) is 0 Å². The molecule has 0 bridgehead atoms. The van der Waals surface area contributed by atoms with Gasteiger partial charge in [-0.15, -0.1) is 5.92 Å². The second kappa shape index (κ2) is 14.4. The molecular weight excluding hydrogens is 422 g/mol. The van der Waals surface area contributed by atoms with E-state index in [2.05, 4.69) is 73.2 Å². The SMILES string of the molecule is CC#CCOOOO.c1ccc2c(c1)CCN(CCCCOCc1cc3ccccn3n1)C2. The summed E-state index contributed by atoms with van der Waals surface area (Å²) < 4.78 is 7.70. The predicted molar refractivity (Wildman–Crippen MR) is 124 cm³/mol. The number of hydrogen-bond acceptors (Lipinski definition) is 7. The van der Waals surface area contributed by atoms with E-state index in [-0.39, 0.29) is 6.61 Å². The van der Waals surface area contributed by atoms with E-state index >= 15 is 0 Å². The second-order valence-electron chi connectivity index (χ2n) is 7.59. The van der Waals surface area contributed by atoms with Crippen LogP contribution in [0.4, 0.5) is 0 Å². The Balaban J connectivity index is 0.000000331. The molecule has 0 aliphatic carbocycles. The van der Waals surface area contributed by atoms with Crippen molar-refractivity contribution >= 4 is 5.52 Å². The number of hydrogen-bond donors (Lipinski definition) is 1. The topological polar surface area (TPSA) is 77.7 Å². The molecule has 0 unspecified atom stereocenters. The van der Waals surface area contributed by atoms with E-state index < -0.39 is 0 Å². The number of benzene rings is 1. The van der Waals surface area contributed by atoms with Crippen LogP contribution in [0.15, 0.2) is 54.7 Å². The summed E-state index contributed by atoms with van der Waals surface area (Å²) in [6.07, 6.45) is 5.44. The van der Waals surface area contributed by atoms with Crippen LogP contribution in [-0.2, 0) is 39.3 Å². The predicted octanol–water partition coefficient (Wildman–Crippen LogP) is 4.05. The van der Waals surface area contributed by atoms with Gasteiger partial charge in [-0.25, -0.2) is 9.77 Å². The summed E-state index contributed by atoms with van der Waals surface area (Å²) in [7, 11) is 0. The van der Waals surface area contributed by atoms with Crippen molar-refractivity contribution in [2.75, 3.05) is 26.3 Å². The highest BCUT2D eigenvalue weighted by Crippen LogP contribution is 2.18. The van der Waals surface area contributed by atoms with E-state index in [1.54, 1.807) is 6.92 Å². The van der Waals surface area contributed by atoms with Gasteiger partial charge in [-0.1, -0.05) is 36.3 Å². The van der Waals surface area contributed by atoms with Gasteiger partial charge in [-0.2, -0.15) is 9.99 Å². The molecule has 176 valence electrons. The van der Waals surface area contributed by atoms with E-state index in [4.69, 9.17) is 9.99 Å². The minimum atomic E-state index is 0.0804. The molecule has 8 nitrogen and oxygen atoms in total. The zero-order valence-electron chi connectivity index (χ0n) is 19.0. The molecule has 0 fully saturated rings. The molecular formula is C25H31N3O5. The Morgan fingerprint density at radius 1 is 1.09 bits per heavy atom. The van der Waals surface area contributed by atoms with Crippen molar-refractivity contribution in [3.05, 3.63) is 71.5 Å². The number of fused-ring (bicyclic) bond motifs is 2. The molecule has 0 spiro atoms. The first-order chi connectivity index (χ1) is 16.3. The fourth-order valence-corrected chi connectivity index (χ4v) is 3.67. The Labute approximate surface area is 194 Å². The molecule has 1 N–H and O–H groups in total. The summed E-state index contributed by atoms with van der Waals surface area (Å²) in [5.74, 6) is 5.03. The Kier molecular flexibility index (Phi) is 10.8. The standard InChI is InChI=1S/C21H25N3O.C4H6O4/c1-2-8-19-16-23(13-10-18(19)7-1)11-5-6-14-25-17-20-15-21-9-3-4-12-24(21)22-20;1-2-3-4-6-8-7-5/h1-4,7-9,12,15H,5-6,10-11,13-14,16-17H2;5H,4H2,1H3. The van der Waals surface area contributed by atoms with Gasteiger partial charge in [-0.3, -0.25) is 4.90 Å². The molecule has 4 rings (SSSR count). The van der Waals surface area contributed by atoms with Crippen molar-refractivity contribution in [3.8, 4) is 11.8 Å². The molecule has 33 heavy (non-hydrogen) atoms. The Bertz CT molecular complexity index is 994. The lowest BCUT2D eigenvalue weighted by Crippen LogP contribution is -2.31. The summed E-state index contributed by atoms with van der Waals surface area (Å²) in [6.45, 7) is 6.57. The molecule has 3 aromatic rings. The highest BCUT2D eigenvalue weighted by atomic mass is 17.6. The van der Waals surface area contributed by atoms with Gasteiger partial charge in [-0.05, 0) is 72.1 Å². The molecule has 1 aromatic carbocycles. The van der Waals surface area contributed by atoms with Crippen molar-refractivity contribution < 1.29 is 25.0 Å². The third kappa shape index (κ3) is 8.59. The van der Waals surface area contributed by atoms with Crippen molar-refractivity contribution in [1.29, 1.82) is 0 Å². The van der Waals surface area contributed by atoms with E-state index in [1.807, 2.05) is 22.8 Å². The summed E-state index contributed by atoms with van der Waals surface area (Å²) in [5.41, 5.74) is 5.14. The van der Waals surface area contributed by atoms with Gasteiger partial charge in [0.25, 0.3) is 0 Å². The van der Waals surface area contributed by atoms with E-state index in [0.717, 1.165) is 37.3 Å². The minimum Gasteiger partial charge on any atom is -0.375 e. The normalized spacial score (nSPS) is 13.0. The average Bonchev–Trinajstić information content (AvgIpc) is 3.27. The van der Waals surface area contributed by atoms with Crippen LogP contribution in [0.5, 0.6) is 0 Å². The molecule has 1 aliphatic rings. The zero-order valence-corrected chi connectivity index (χ0v) is 19.0. The number of unbranched alkanes of at least 4 members (excludes halogenated alkanes) is 1. The monoisotopic (exact) mass is 453 g/mol. The molecule has 0 saturated heterocycles. The van der Waals surface area contributed by atoms with Crippen LogP contribution in [0.2, 0.25) is 0 Å². The number of nitrogens with zero attached hydrogens (tertiary/aromatic N) is 3. The lowest BCUT2D eigenvalue weighted by molar-refractivity contribution is -0.620. The van der Waals surface area contributed by atoms with Crippen LogP contribution in [-0.4, -0.2) is 46.1 Å². The largest absolute Gasteiger partial charge is 0.375 e. The van der Waals surface area contributed by atoms with Crippen LogP contribution in [0.25, 0.3) is 5.52 Å². The smallest absolute Gasteiger partial charge is 0.146 e. The average molecular weight is 454 g/mol. The third-order valence-corrected chi connectivity index (χ3v) is 5.28. The highest BCUT2D eigenvalue weighted by Gasteiger charge is 2.14. The number of aromatic nitrogens is 2. The van der Waals surface area contributed by atoms with Crippen LogP contribution < -0.4 is 0 Å². The lowest BCUT2D eigenvalue weighted by Gasteiger charge is -2.28. The lowest BCUT2D eigenvalue weighted by atomic mass is 10.00. The maximum absolute atomic E-state index is 7.47. The first-order valence-electron chi connectivity index (χ1n) is 11.1. The molecule has 2 aromatic heterocycles. The Morgan fingerprint density at radius 3 is 2.76 bits per heavy atom. The maximum atomic E-state index is 7.47. The number of rotatable bonds is 10. The molecule has 8 heteroatoms. The van der Waals surface area contributed by atoms with Gasteiger partial charge in [0.1, 0.15) is 6.61 Å².